The molecule has 1 unspecified atom stereocenters. The summed E-state index contributed by atoms with van der Waals surface area (Å²) in [6, 6.07) is -1.14. The van der Waals surface area contributed by atoms with Crippen LogP contribution in [0, 0.1) is 0 Å². The molecule has 1 atom stereocenters. The molecule has 0 heterocycles. The number of hydrogen-bond acceptors (Lipinski definition) is 10. The molecule has 0 aromatic carbocycles. The van der Waals surface area contributed by atoms with Crippen LogP contribution < -0.4 is 21.3 Å². The first-order valence-corrected chi connectivity index (χ1v) is 17.5. The number of hydrogen-bond donors (Lipinski definition) is 6. The van der Waals surface area contributed by atoms with Gasteiger partial charge in [-0.1, -0.05) is 51.4 Å². The summed E-state index contributed by atoms with van der Waals surface area (Å²) in [4.78, 5) is 69.3. The highest BCUT2D eigenvalue weighted by molar-refractivity contribution is 5.84. The maximum atomic E-state index is 12.2. The minimum Gasteiger partial charge on any atom is -0.481 e. The number of carbonyl (C=O) groups excluding carboxylic acids is 4. The van der Waals surface area contributed by atoms with Gasteiger partial charge >= 0.3 is 11.9 Å². The fourth-order valence-electron chi connectivity index (χ4n) is 4.46. The van der Waals surface area contributed by atoms with Gasteiger partial charge in [0.15, 0.2) is 0 Å². The second-order valence-corrected chi connectivity index (χ2v) is 11.4. The van der Waals surface area contributed by atoms with Crippen LogP contribution in [0.5, 0.6) is 0 Å². The molecule has 0 saturated heterocycles. The van der Waals surface area contributed by atoms with Crippen molar-refractivity contribution < 1.29 is 57.9 Å². The van der Waals surface area contributed by atoms with E-state index in [2.05, 4.69) is 21.3 Å². The molecule has 0 aliphatic carbocycles. The summed E-state index contributed by atoms with van der Waals surface area (Å²) < 4.78 is 21.0. The normalized spacial score (nSPS) is 11.4. The fraction of sp³-hybridized carbons (Fsp3) is 0.818. The smallest absolute Gasteiger partial charge is 0.326 e. The number of rotatable bonds is 35. The number of unbranched alkanes of at least 4 members (excludes halogenated alkanes) is 9. The predicted molar refractivity (Wildman–Crippen MR) is 180 cm³/mol. The van der Waals surface area contributed by atoms with Gasteiger partial charge < -0.3 is 50.4 Å². The molecule has 0 aromatic heterocycles. The number of aliphatic carboxylic acids is 2. The quantitative estimate of drug-likeness (QED) is 0.0517. The molecule has 49 heavy (non-hydrogen) atoms. The van der Waals surface area contributed by atoms with Crippen LogP contribution in [0.2, 0.25) is 0 Å². The van der Waals surface area contributed by atoms with Gasteiger partial charge in [-0.15, -0.1) is 0 Å². The Labute approximate surface area is 290 Å². The standard InChI is InChI=1S/C33H60N4O12/c1-2-34-30(40)25-48-23-21-47-20-18-36-31(41)26-49-24-22-46-19-17-35-28(38)16-15-27(33(44)45)37-29(39)13-11-9-7-5-3-4-6-8-10-12-14-32(42)43/h27H,2-26H2,1H3,(H,34,40)(H,35,38)(H,36,41)(H,37,39)(H,42,43)(H,44,45). The number of nitrogens with one attached hydrogen (secondary N) is 4. The van der Waals surface area contributed by atoms with E-state index in [9.17, 15) is 33.9 Å². The molecule has 0 rings (SSSR count). The van der Waals surface area contributed by atoms with Crippen molar-refractivity contribution in [2.45, 2.75) is 103 Å². The summed E-state index contributed by atoms with van der Waals surface area (Å²) in [5, 5.41) is 28.5. The Morgan fingerprint density at radius 3 is 1.45 bits per heavy atom. The van der Waals surface area contributed by atoms with Gasteiger partial charge in [0.1, 0.15) is 19.3 Å². The first-order chi connectivity index (χ1) is 23.6. The molecule has 0 aliphatic rings. The number of carbonyl (C=O) groups is 6. The van der Waals surface area contributed by atoms with Crippen molar-refractivity contribution in [1.82, 2.24) is 21.3 Å². The highest BCUT2D eigenvalue weighted by Gasteiger charge is 2.20. The lowest BCUT2D eigenvalue weighted by molar-refractivity contribution is -0.142. The van der Waals surface area contributed by atoms with E-state index in [0.29, 0.717) is 32.7 Å². The molecule has 0 spiro atoms. The van der Waals surface area contributed by atoms with Crippen molar-refractivity contribution in [3.8, 4) is 0 Å². The summed E-state index contributed by atoms with van der Waals surface area (Å²) in [5.41, 5.74) is 0. The Morgan fingerprint density at radius 2 is 0.959 bits per heavy atom. The summed E-state index contributed by atoms with van der Waals surface area (Å²) in [6.45, 7) is 4.20. The topological polar surface area (TPSA) is 228 Å². The Bertz CT molecular complexity index is 922. The Hall–Kier alpha value is -3.34. The zero-order valence-corrected chi connectivity index (χ0v) is 29.2. The molecule has 0 bridgehead atoms. The molecule has 16 nitrogen and oxygen atoms in total. The molecule has 4 amide bonds. The van der Waals surface area contributed by atoms with Crippen LogP contribution in [0.15, 0.2) is 0 Å². The summed E-state index contributed by atoms with van der Waals surface area (Å²) in [7, 11) is 0. The molecule has 0 fully saturated rings. The van der Waals surface area contributed by atoms with E-state index in [1.54, 1.807) is 0 Å². The Balaban J connectivity index is 3.69. The summed E-state index contributed by atoms with van der Waals surface area (Å²) >= 11 is 0. The molecular formula is C33H60N4O12. The second-order valence-electron chi connectivity index (χ2n) is 11.4. The van der Waals surface area contributed by atoms with Gasteiger partial charge in [0.05, 0.1) is 39.6 Å². The van der Waals surface area contributed by atoms with E-state index in [4.69, 9.17) is 24.1 Å². The van der Waals surface area contributed by atoms with Crippen molar-refractivity contribution in [1.29, 1.82) is 0 Å². The third-order valence-electron chi connectivity index (χ3n) is 7.06. The van der Waals surface area contributed by atoms with Crippen molar-refractivity contribution in [3.05, 3.63) is 0 Å². The van der Waals surface area contributed by atoms with Crippen molar-refractivity contribution >= 4 is 35.6 Å². The monoisotopic (exact) mass is 704 g/mol. The molecular weight excluding hydrogens is 644 g/mol. The van der Waals surface area contributed by atoms with E-state index >= 15 is 0 Å². The van der Waals surface area contributed by atoms with Crippen LogP contribution in [-0.2, 0) is 47.7 Å². The first kappa shape index (κ1) is 45.7. The molecule has 0 aliphatic heterocycles. The van der Waals surface area contributed by atoms with Gasteiger partial charge in [-0.2, -0.15) is 0 Å². The summed E-state index contributed by atoms with van der Waals surface area (Å²) in [6.07, 6.45) is 10.1. The van der Waals surface area contributed by atoms with Gasteiger partial charge in [-0.05, 0) is 26.2 Å². The van der Waals surface area contributed by atoms with Crippen LogP contribution in [0.4, 0.5) is 0 Å². The van der Waals surface area contributed by atoms with Crippen LogP contribution in [-0.4, -0.2) is 124 Å². The molecule has 16 heteroatoms. The Morgan fingerprint density at radius 1 is 0.510 bits per heavy atom. The predicted octanol–water partition coefficient (Wildman–Crippen LogP) is 1.54. The van der Waals surface area contributed by atoms with E-state index in [0.717, 1.165) is 57.8 Å². The number of carboxylic acid groups (broad SMARTS) is 2. The number of ether oxygens (including phenoxy) is 4. The fourth-order valence-corrected chi connectivity index (χ4v) is 4.46. The third kappa shape index (κ3) is 33.0. The van der Waals surface area contributed by atoms with Crippen molar-refractivity contribution in [3.63, 3.8) is 0 Å². The summed E-state index contributed by atoms with van der Waals surface area (Å²) in [5.74, 6) is -3.12. The second kappa shape index (κ2) is 33.2. The van der Waals surface area contributed by atoms with E-state index in [1.807, 2.05) is 6.92 Å². The number of carboxylic acids is 2. The largest absolute Gasteiger partial charge is 0.481 e. The van der Waals surface area contributed by atoms with E-state index < -0.39 is 18.0 Å². The van der Waals surface area contributed by atoms with Gasteiger partial charge in [0.2, 0.25) is 23.6 Å². The maximum absolute atomic E-state index is 12.2. The molecule has 6 N–H and O–H groups in total. The van der Waals surface area contributed by atoms with Gasteiger partial charge in [0, 0.05) is 38.9 Å². The van der Waals surface area contributed by atoms with Gasteiger partial charge in [-0.3, -0.25) is 24.0 Å². The van der Waals surface area contributed by atoms with E-state index in [-0.39, 0.29) is 95.5 Å². The SMILES string of the molecule is CCNC(=O)COCCOCCNC(=O)COCCOCCNC(=O)CCC(NC(=O)CCCCCCCCCCCCC(=O)O)C(=O)O. The average Bonchev–Trinajstić information content (AvgIpc) is 3.05. The van der Waals surface area contributed by atoms with Crippen LogP contribution in [0.1, 0.15) is 96.8 Å². The molecule has 0 saturated carbocycles. The molecule has 0 aromatic rings. The maximum Gasteiger partial charge on any atom is 0.326 e. The third-order valence-corrected chi connectivity index (χ3v) is 7.06. The zero-order valence-electron chi connectivity index (χ0n) is 29.2. The van der Waals surface area contributed by atoms with Crippen LogP contribution in [0.3, 0.4) is 0 Å². The van der Waals surface area contributed by atoms with Gasteiger partial charge in [-0.25, -0.2) is 4.79 Å². The lowest BCUT2D eigenvalue weighted by Gasteiger charge is -2.14. The minimum absolute atomic E-state index is 0.0207. The van der Waals surface area contributed by atoms with Crippen molar-refractivity contribution in [2.75, 3.05) is 72.5 Å². The minimum atomic E-state index is -1.19. The molecule has 0 radical (unpaired) electrons. The van der Waals surface area contributed by atoms with Crippen molar-refractivity contribution in [2.24, 2.45) is 0 Å². The number of likely N-dealkylation sites (N-methyl/N-ethyl adjacent to an activating group) is 1. The zero-order chi connectivity index (χ0) is 36.4. The molecule has 284 valence electrons. The Kier molecular flexibility index (Phi) is 30.9. The van der Waals surface area contributed by atoms with Crippen LogP contribution >= 0.6 is 0 Å². The van der Waals surface area contributed by atoms with E-state index in [1.165, 1.54) is 0 Å². The average molecular weight is 705 g/mol. The lowest BCUT2D eigenvalue weighted by Crippen LogP contribution is -2.41. The number of amides is 4. The van der Waals surface area contributed by atoms with Gasteiger partial charge in [0.25, 0.3) is 0 Å². The first-order valence-electron chi connectivity index (χ1n) is 17.5. The highest BCUT2D eigenvalue weighted by atomic mass is 16.5. The lowest BCUT2D eigenvalue weighted by atomic mass is 10.0. The van der Waals surface area contributed by atoms with Crippen LogP contribution in [0.25, 0.3) is 0 Å². The highest BCUT2D eigenvalue weighted by Crippen LogP contribution is 2.12.